The third-order valence-electron chi connectivity index (χ3n) is 4.99. The molecule has 0 bridgehead atoms. The van der Waals surface area contributed by atoms with Crippen LogP contribution in [0.3, 0.4) is 0 Å². The van der Waals surface area contributed by atoms with Gasteiger partial charge in [-0.3, -0.25) is 4.57 Å². The number of phenols is 2. The number of rotatable bonds is 4. The molecule has 144 valence electrons. The number of aromatic hydroxyl groups is 2. The van der Waals surface area contributed by atoms with Crippen LogP contribution in [0.5, 0.6) is 11.5 Å². The van der Waals surface area contributed by atoms with Gasteiger partial charge < -0.3 is 15.2 Å². The number of aromatic amines is 1. The number of phenolic OH excluding ortho intramolecular Hbond substituents is 2. The van der Waals surface area contributed by atoms with Crippen molar-refractivity contribution in [1.82, 2.24) is 19.7 Å². The van der Waals surface area contributed by atoms with Crippen LogP contribution in [-0.4, -0.2) is 30.0 Å². The van der Waals surface area contributed by atoms with Crippen LogP contribution in [-0.2, 0) is 6.42 Å². The standard InChI is InChI=1S/C21H22N4O2S/c1-4-12-8-14(19(27)10-18(12)26)20-23-24-21(28)25(20)17-7-5-6-15-13(17)9-16(22-15)11(2)3/h5-11,22,26-27H,4H2,1-3H3,(H,24,28). The van der Waals surface area contributed by atoms with Crippen molar-refractivity contribution in [2.45, 2.75) is 38.3 Å². The van der Waals surface area contributed by atoms with E-state index >= 15 is 0 Å². The second-order valence-corrected chi connectivity index (χ2v) is 7.53. The highest BCUT2D eigenvalue weighted by molar-refractivity contribution is 7.80. The molecule has 0 spiro atoms. The van der Waals surface area contributed by atoms with E-state index in [-0.39, 0.29) is 11.5 Å². The maximum atomic E-state index is 10.5. The van der Waals surface area contributed by atoms with Crippen molar-refractivity contribution < 1.29 is 10.2 Å². The molecule has 28 heavy (non-hydrogen) atoms. The summed E-state index contributed by atoms with van der Waals surface area (Å²) in [7, 11) is 0. The number of fused-ring (bicyclic) bond motifs is 1. The summed E-state index contributed by atoms with van der Waals surface area (Å²) in [5.41, 5.74) is 4.25. The van der Waals surface area contributed by atoms with Gasteiger partial charge in [0.05, 0.1) is 11.3 Å². The smallest absolute Gasteiger partial charge is 0.193 e. The van der Waals surface area contributed by atoms with E-state index in [2.05, 4.69) is 47.7 Å². The lowest BCUT2D eigenvalue weighted by Gasteiger charge is -2.12. The normalized spacial score (nSPS) is 11.6. The molecule has 2 aromatic carbocycles. The van der Waals surface area contributed by atoms with Gasteiger partial charge in [-0.25, -0.2) is 0 Å². The number of nitrogens with zero attached hydrogens (tertiary/aromatic N) is 3. The molecule has 0 amide bonds. The van der Waals surface area contributed by atoms with Crippen molar-refractivity contribution in [3.63, 3.8) is 0 Å². The van der Waals surface area contributed by atoms with Crippen molar-refractivity contribution in [3.05, 3.63) is 47.7 Å². The molecule has 0 aliphatic heterocycles. The summed E-state index contributed by atoms with van der Waals surface area (Å²) in [4.78, 5) is 3.45. The van der Waals surface area contributed by atoms with Gasteiger partial charge in [0.15, 0.2) is 11.0 Å². The molecular formula is C21H22N4O2S. The molecule has 0 aliphatic rings. The summed E-state index contributed by atoms with van der Waals surface area (Å²) in [6.45, 7) is 6.22. The fourth-order valence-electron chi connectivity index (χ4n) is 3.42. The second-order valence-electron chi connectivity index (χ2n) is 7.13. The lowest BCUT2D eigenvalue weighted by Crippen LogP contribution is -2.00. The molecule has 0 atom stereocenters. The van der Waals surface area contributed by atoms with E-state index in [0.717, 1.165) is 27.8 Å². The average molecular weight is 395 g/mol. The highest BCUT2D eigenvalue weighted by Crippen LogP contribution is 2.37. The zero-order valence-electron chi connectivity index (χ0n) is 15.9. The van der Waals surface area contributed by atoms with Gasteiger partial charge in [-0.2, -0.15) is 0 Å². The van der Waals surface area contributed by atoms with E-state index in [1.807, 2.05) is 29.7 Å². The van der Waals surface area contributed by atoms with Gasteiger partial charge in [-0.1, -0.05) is 26.8 Å². The quantitative estimate of drug-likeness (QED) is 0.375. The summed E-state index contributed by atoms with van der Waals surface area (Å²) >= 11 is 4.50. The fraction of sp³-hybridized carbons (Fsp3) is 0.238. The Kier molecular flexibility index (Phi) is 4.55. The molecule has 2 heterocycles. The second kappa shape index (κ2) is 6.91. The first-order valence-electron chi connectivity index (χ1n) is 9.22. The Balaban J connectivity index is 1.98. The molecule has 0 saturated carbocycles. The van der Waals surface area contributed by atoms with Gasteiger partial charge in [-0.15, -0.1) is 22.8 Å². The monoisotopic (exact) mass is 394 g/mol. The van der Waals surface area contributed by atoms with Crippen LogP contribution in [0.25, 0.3) is 28.0 Å². The van der Waals surface area contributed by atoms with Gasteiger partial charge in [-0.05, 0) is 42.2 Å². The minimum absolute atomic E-state index is 0.0548. The Morgan fingerprint density at radius 3 is 2.61 bits per heavy atom. The molecule has 4 rings (SSSR count). The van der Waals surface area contributed by atoms with E-state index in [0.29, 0.717) is 28.9 Å². The lowest BCUT2D eigenvalue weighted by molar-refractivity contribution is 0.447. The third kappa shape index (κ3) is 2.92. The maximum absolute atomic E-state index is 10.5. The number of hydrogen-bond acceptors (Lipinski definition) is 5. The molecule has 0 radical (unpaired) electrons. The number of aromatic nitrogens is 4. The lowest BCUT2D eigenvalue weighted by atomic mass is 10.1. The Hall–Kier alpha value is -2.93. The molecule has 0 saturated heterocycles. The van der Waals surface area contributed by atoms with Crippen LogP contribution in [0.2, 0.25) is 0 Å². The van der Waals surface area contributed by atoms with Gasteiger partial charge in [0.25, 0.3) is 0 Å². The first-order chi connectivity index (χ1) is 13.4. The average Bonchev–Trinajstić information content (AvgIpc) is 3.25. The molecule has 7 heteroatoms. The number of benzene rings is 2. The van der Waals surface area contributed by atoms with Crippen molar-refractivity contribution in [1.29, 1.82) is 0 Å². The van der Waals surface area contributed by atoms with E-state index in [9.17, 15) is 10.2 Å². The van der Waals surface area contributed by atoms with E-state index in [1.165, 1.54) is 6.07 Å². The Labute approximate surface area is 168 Å². The van der Waals surface area contributed by atoms with Crippen LogP contribution in [0, 0.1) is 0 Å². The molecule has 2 aromatic heterocycles. The van der Waals surface area contributed by atoms with Gasteiger partial charge in [0, 0.05) is 22.7 Å². The number of thiol groups is 1. The molecule has 0 unspecified atom stereocenters. The van der Waals surface area contributed by atoms with Gasteiger partial charge in [0.1, 0.15) is 11.5 Å². The Morgan fingerprint density at radius 2 is 1.89 bits per heavy atom. The van der Waals surface area contributed by atoms with Crippen molar-refractivity contribution in [2.24, 2.45) is 0 Å². The number of nitrogens with one attached hydrogen (secondary N) is 1. The highest BCUT2D eigenvalue weighted by Gasteiger charge is 2.20. The number of aryl methyl sites for hydroxylation is 1. The molecular weight excluding hydrogens is 372 g/mol. The predicted molar refractivity (Wildman–Crippen MR) is 113 cm³/mol. The largest absolute Gasteiger partial charge is 0.508 e. The van der Waals surface area contributed by atoms with Crippen LogP contribution in [0.4, 0.5) is 0 Å². The Morgan fingerprint density at radius 1 is 1.11 bits per heavy atom. The van der Waals surface area contributed by atoms with E-state index < -0.39 is 0 Å². The molecule has 3 N–H and O–H groups in total. The first kappa shape index (κ1) is 18.4. The fourth-order valence-corrected chi connectivity index (χ4v) is 3.67. The molecule has 4 aromatic rings. The summed E-state index contributed by atoms with van der Waals surface area (Å²) in [5, 5.41) is 30.3. The Bertz CT molecular complexity index is 1180. The zero-order valence-corrected chi connectivity index (χ0v) is 16.8. The number of hydrogen-bond donors (Lipinski definition) is 4. The summed E-state index contributed by atoms with van der Waals surface area (Å²) in [6.07, 6.45) is 0.631. The van der Waals surface area contributed by atoms with E-state index in [4.69, 9.17) is 0 Å². The molecule has 0 aliphatic carbocycles. The van der Waals surface area contributed by atoms with Crippen molar-refractivity contribution in [2.75, 3.05) is 0 Å². The van der Waals surface area contributed by atoms with Crippen molar-refractivity contribution in [3.8, 4) is 28.6 Å². The van der Waals surface area contributed by atoms with E-state index in [1.54, 1.807) is 6.07 Å². The van der Waals surface area contributed by atoms with Crippen molar-refractivity contribution >= 4 is 23.5 Å². The number of H-pyrrole nitrogens is 1. The van der Waals surface area contributed by atoms with Crippen LogP contribution >= 0.6 is 12.6 Å². The topological polar surface area (TPSA) is 87.0 Å². The third-order valence-corrected chi connectivity index (χ3v) is 5.28. The molecule has 6 nitrogen and oxygen atoms in total. The minimum atomic E-state index is -0.0548. The van der Waals surface area contributed by atoms with Crippen LogP contribution in [0.1, 0.15) is 37.9 Å². The SMILES string of the molecule is CCc1cc(-c2nnc(S)n2-c2cccc3[nH]c(C(C)C)cc23)c(O)cc1O. The summed E-state index contributed by atoms with van der Waals surface area (Å²) < 4.78 is 1.81. The van der Waals surface area contributed by atoms with Crippen LogP contribution < -0.4 is 0 Å². The summed E-state index contributed by atoms with van der Waals surface area (Å²) in [5.74, 6) is 0.845. The highest BCUT2D eigenvalue weighted by atomic mass is 32.1. The minimum Gasteiger partial charge on any atom is -0.508 e. The summed E-state index contributed by atoms with van der Waals surface area (Å²) in [6, 6.07) is 11.2. The predicted octanol–water partition coefficient (Wildman–Crippen LogP) is 4.80. The zero-order chi connectivity index (χ0) is 20.0. The maximum Gasteiger partial charge on any atom is 0.193 e. The van der Waals surface area contributed by atoms with Gasteiger partial charge in [0.2, 0.25) is 0 Å². The van der Waals surface area contributed by atoms with Crippen LogP contribution in [0.15, 0.2) is 41.6 Å². The van der Waals surface area contributed by atoms with Gasteiger partial charge >= 0.3 is 0 Å². The molecule has 0 fully saturated rings. The first-order valence-corrected chi connectivity index (χ1v) is 9.67.